The van der Waals surface area contributed by atoms with E-state index < -0.39 is 11.7 Å². The van der Waals surface area contributed by atoms with E-state index in [1.165, 1.54) is 12.1 Å². The lowest BCUT2D eigenvalue weighted by atomic mass is 10.1. The summed E-state index contributed by atoms with van der Waals surface area (Å²) in [5.74, 6) is 0.370. The van der Waals surface area contributed by atoms with Crippen LogP contribution in [0.4, 0.5) is 18.9 Å². The number of hydrogen-bond donors (Lipinski definition) is 2. The standard InChI is InChI=1S/C15H17F3N2O/c16-15(17,18)11-6-8(7-19)4-5-12(11)20-14(21)13-9-2-1-3-10(9)13/h4-6,9-10,13H,1-3,7,19H2,(H,20,21). The molecule has 1 amide bonds. The van der Waals surface area contributed by atoms with Gasteiger partial charge < -0.3 is 11.1 Å². The third-order valence-electron chi connectivity index (χ3n) is 4.59. The maximum Gasteiger partial charge on any atom is 0.418 e. The highest BCUT2D eigenvalue weighted by molar-refractivity contribution is 5.95. The minimum atomic E-state index is -4.51. The molecule has 0 saturated heterocycles. The summed E-state index contributed by atoms with van der Waals surface area (Å²) in [6.45, 7) is 0.0318. The molecule has 2 atom stereocenters. The van der Waals surface area contributed by atoms with Gasteiger partial charge in [-0.1, -0.05) is 12.5 Å². The molecule has 2 fully saturated rings. The third-order valence-corrected chi connectivity index (χ3v) is 4.59. The number of rotatable bonds is 3. The Morgan fingerprint density at radius 1 is 1.29 bits per heavy atom. The summed E-state index contributed by atoms with van der Waals surface area (Å²) in [4.78, 5) is 12.1. The summed E-state index contributed by atoms with van der Waals surface area (Å²) in [6.07, 6.45) is -1.35. The molecule has 2 aliphatic carbocycles. The van der Waals surface area contributed by atoms with Gasteiger partial charge in [0.2, 0.25) is 5.91 Å². The second-order valence-electron chi connectivity index (χ2n) is 5.86. The van der Waals surface area contributed by atoms with Crippen LogP contribution in [0, 0.1) is 17.8 Å². The first-order valence-electron chi connectivity index (χ1n) is 7.13. The van der Waals surface area contributed by atoms with Crippen LogP contribution >= 0.6 is 0 Å². The number of nitrogens with one attached hydrogen (secondary N) is 1. The largest absolute Gasteiger partial charge is 0.418 e. The van der Waals surface area contributed by atoms with E-state index in [1.807, 2.05) is 0 Å². The molecule has 0 aliphatic heterocycles. The van der Waals surface area contributed by atoms with Gasteiger partial charge in [-0.05, 0) is 42.4 Å². The summed E-state index contributed by atoms with van der Waals surface area (Å²) in [6, 6.07) is 3.81. The molecule has 0 aromatic heterocycles. The molecule has 3 rings (SSSR count). The van der Waals surface area contributed by atoms with Crippen molar-refractivity contribution in [3.05, 3.63) is 29.3 Å². The van der Waals surface area contributed by atoms with Crippen LogP contribution in [0.15, 0.2) is 18.2 Å². The Bertz CT molecular complexity index is 561. The number of carbonyl (C=O) groups excluding carboxylic acids is 1. The van der Waals surface area contributed by atoms with Gasteiger partial charge in [0.15, 0.2) is 0 Å². The van der Waals surface area contributed by atoms with Gasteiger partial charge >= 0.3 is 6.18 Å². The van der Waals surface area contributed by atoms with Crippen LogP contribution in [0.1, 0.15) is 30.4 Å². The van der Waals surface area contributed by atoms with Gasteiger partial charge in [0.1, 0.15) is 0 Å². The molecule has 0 bridgehead atoms. The van der Waals surface area contributed by atoms with Crippen molar-refractivity contribution in [1.29, 1.82) is 0 Å². The van der Waals surface area contributed by atoms with Gasteiger partial charge in [-0.3, -0.25) is 4.79 Å². The summed E-state index contributed by atoms with van der Waals surface area (Å²) in [5.41, 5.74) is 4.77. The lowest BCUT2D eigenvalue weighted by molar-refractivity contribution is -0.137. The topological polar surface area (TPSA) is 55.1 Å². The van der Waals surface area contributed by atoms with Crippen molar-refractivity contribution in [3.8, 4) is 0 Å². The van der Waals surface area contributed by atoms with Crippen molar-refractivity contribution in [3.63, 3.8) is 0 Å². The number of carbonyl (C=O) groups is 1. The highest BCUT2D eigenvalue weighted by atomic mass is 19.4. The average molecular weight is 298 g/mol. The molecule has 114 valence electrons. The van der Waals surface area contributed by atoms with Crippen LogP contribution in [0.25, 0.3) is 0 Å². The minimum absolute atomic E-state index is 0.0318. The van der Waals surface area contributed by atoms with Crippen LogP contribution in [0.5, 0.6) is 0 Å². The first-order chi connectivity index (χ1) is 9.91. The molecular formula is C15H17F3N2O. The maximum atomic E-state index is 13.1. The van der Waals surface area contributed by atoms with Gasteiger partial charge in [0, 0.05) is 12.5 Å². The van der Waals surface area contributed by atoms with E-state index >= 15 is 0 Å². The minimum Gasteiger partial charge on any atom is -0.326 e. The zero-order valence-corrected chi connectivity index (χ0v) is 11.4. The molecule has 3 N–H and O–H groups in total. The van der Waals surface area contributed by atoms with Gasteiger partial charge in [-0.15, -0.1) is 0 Å². The average Bonchev–Trinajstić information content (AvgIpc) is 2.92. The highest BCUT2D eigenvalue weighted by Gasteiger charge is 2.56. The maximum absolute atomic E-state index is 13.1. The summed E-state index contributed by atoms with van der Waals surface area (Å²) in [5, 5.41) is 2.46. The van der Waals surface area contributed by atoms with E-state index in [0.717, 1.165) is 25.3 Å². The van der Waals surface area contributed by atoms with Gasteiger partial charge in [0.25, 0.3) is 0 Å². The summed E-state index contributed by atoms with van der Waals surface area (Å²) >= 11 is 0. The molecule has 0 radical (unpaired) electrons. The second kappa shape index (κ2) is 5.02. The van der Waals surface area contributed by atoms with E-state index in [2.05, 4.69) is 5.32 Å². The summed E-state index contributed by atoms with van der Waals surface area (Å²) < 4.78 is 39.2. The first-order valence-corrected chi connectivity index (χ1v) is 7.13. The number of anilines is 1. The number of hydrogen-bond acceptors (Lipinski definition) is 2. The lowest BCUT2D eigenvalue weighted by Gasteiger charge is -2.15. The zero-order chi connectivity index (χ0) is 15.2. The lowest BCUT2D eigenvalue weighted by Crippen LogP contribution is -2.20. The fraction of sp³-hybridized carbons (Fsp3) is 0.533. The van der Waals surface area contributed by atoms with Gasteiger partial charge in [0.05, 0.1) is 11.3 Å². The molecule has 3 nitrogen and oxygen atoms in total. The van der Waals surface area contributed by atoms with Crippen molar-refractivity contribution in [2.75, 3.05) is 5.32 Å². The molecule has 0 heterocycles. The molecule has 1 aromatic carbocycles. The van der Waals surface area contributed by atoms with Crippen LogP contribution in [-0.4, -0.2) is 5.91 Å². The molecule has 2 aliphatic rings. The molecule has 6 heteroatoms. The Morgan fingerprint density at radius 3 is 2.52 bits per heavy atom. The fourth-order valence-electron chi connectivity index (χ4n) is 3.49. The van der Waals surface area contributed by atoms with E-state index in [1.54, 1.807) is 0 Å². The zero-order valence-electron chi connectivity index (χ0n) is 11.4. The Kier molecular flexibility index (Phi) is 3.43. The molecule has 2 saturated carbocycles. The molecule has 1 aromatic rings. The highest BCUT2D eigenvalue weighted by Crippen LogP contribution is 2.57. The summed E-state index contributed by atoms with van der Waals surface area (Å²) in [7, 11) is 0. The van der Waals surface area contributed by atoms with E-state index in [-0.39, 0.29) is 24.1 Å². The smallest absolute Gasteiger partial charge is 0.326 e. The number of alkyl halides is 3. The van der Waals surface area contributed by atoms with Crippen LogP contribution in [0.2, 0.25) is 0 Å². The van der Waals surface area contributed by atoms with Crippen molar-refractivity contribution < 1.29 is 18.0 Å². The van der Waals surface area contributed by atoms with Crippen molar-refractivity contribution in [2.45, 2.75) is 32.0 Å². The van der Waals surface area contributed by atoms with Crippen LogP contribution < -0.4 is 11.1 Å². The number of amides is 1. The van der Waals surface area contributed by atoms with Gasteiger partial charge in [-0.25, -0.2) is 0 Å². The monoisotopic (exact) mass is 298 g/mol. The third kappa shape index (κ3) is 2.64. The Morgan fingerprint density at radius 2 is 1.95 bits per heavy atom. The van der Waals surface area contributed by atoms with E-state index in [9.17, 15) is 18.0 Å². The number of nitrogens with two attached hydrogens (primary N) is 1. The SMILES string of the molecule is NCc1ccc(NC(=O)C2C3CCCC32)c(C(F)(F)F)c1. The molecule has 2 unspecified atom stereocenters. The first kappa shape index (κ1) is 14.4. The predicted octanol–water partition coefficient (Wildman–Crippen LogP) is 3.15. The number of fused-ring (bicyclic) bond motifs is 1. The van der Waals surface area contributed by atoms with Crippen LogP contribution in [0.3, 0.4) is 0 Å². The van der Waals surface area contributed by atoms with E-state index in [0.29, 0.717) is 17.4 Å². The fourth-order valence-corrected chi connectivity index (χ4v) is 3.49. The molecular weight excluding hydrogens is 281 g/mol. The van der Waals surface area contributed by atoms with Crippen molar-refractivity contribution in [1.82, 2.24) is 0 Å². The Labute approximate surface area is 120 Å². The molecule has 21 heavy (non-hydrogen) atoms. The van der Waals surface area contributed by atoms with Gasteiger partial charge in [-0.2, -0.15) is 13.2 Å². The number of benzene rings is 1. The quantitative estimate of drug-likeness (QED) is 0.900. The molecule has 0 spiro atoms. The number of halogens is 3. The Hall–Kier alpha value is -1.56. The predicted molar refractivity (Wildman–Crippen MR) is 72.3 cm³/mol. The normalized spacial score (nSPS) is 27.3. The van der Waals surface area contributed by atoms with E-state index in [4.69, 9.17) is 5.73 Å². The Balaban J connectivity index is 1.80. The van der Waals surface area contributed by atoms with Crippen molar-refractivity contribution in [2.24, 2.45) is 23.5 Å². The second-order valence-corrected chi connectivity index (χ2v) is 5.86. The van der Waals surface area contributed by atoms with Crippen LogP contribution in [-0.2, 0) is 17.5 Å². The van der Waals surface area contributed by atoms with Crippen molar-refractivity contribution >= 4 is 11.6 Å².